The van der Waals surface area contributed by atoms with Crippen LogP contribution in [0.5, 0.6) is 0 Å². The Morgan fingerprint density at radius 2 is 1.67 bits per heavy atom. The standard InChI is InChI=1S/C58H78N8O9S/c1-10-65(45-19-22-74-23-20-45)49-28-43(27-47(37(49)4)54(69)60-31-48-35(2)26-36(3)62-55(48)70)42-17-18-44(59-30-42)12-11-21-73-24-25-75-33-51(68)64-53(58(7,8)9)57(72)66-32-46(67)29-50(66)56(71)63-38(5)40-13-15-41(16-14-40)52-39(6)61-34-76-52/h13-18,26-28,30,38,45-46,50,53,61,67H,10-12,19-25,29,31-34H2,1-9H3,(H,60,69)(H,62,70)(H,63,71)(H,64,68)/t38-,46+,50-,53+/m0/s1. The minimum absolute atomic E-state index is 0.0223. The first-order chi connectivity index (χ1) is 36.3. The number of benzene rings is 2. The Balaban J connectivity index is 0.873. The Morgan fingerprint density at radius 3 is 2.33 bits per heavy atom. The Bertz CT molecular complexity index is 2770. The zero-order valence-corrected chi connectivity index (χ0v) is 46.5. The number of H-pyrrole nitrogens is 1. The van der Waals surface area contributed by atoms with Gasteiger partial charge in [0.25, 0.3) is 11.5 Å². The van der Waals surface area contributed by atoms with Gasteiger partial charge in [-0.25, -0.2) is 0 Å². The second kappa shape index (κ2) is 26.3. The summed E-state index contributed by atoms with van der Waals surface area (Å²) in [4.78, 5) is 80.4. The van der Waals surface area contributed by atoms with Gasteiger partial charge in [-0.3, -0.25) is 29.0 Å². The summed E-state index contributed by atoms with van der Waals surface area (Å²) in [5.74, 6) is -0.706. The average molecular weight is 1060 g/mol. The third-order valence-corrected chi connectivity index (χ3v) is 15.6. The van der Waals surface area contributed by atoms with E-state index in [0.29, 0.717) is 43.8 Å². The van der Waals surface area contributed by atoms with Gasteiger partial charge < -0.3 is 55.4 Å². The number of β-amino-alcohol motifs (C(OH)–C–C–N with tert-alkyl or cyclic N) is 1. The van der Waals surface area contributed by atoms with Gasteiger partial charge in [0.05, 0.1) is 31.2 Å². The van der Waals surface area contributed by atoms with E-state index in [9.17, 15) is 29.1 Å². The number of amides is 4. The molecule has 410 valence electrons. The van der Waals surface area contributed by atoms with E-state index >= 15 is 0 Å². The number of aromatic nitrogens is 2. The van der Waals surface area contributed by atoms with Crippen LogP contribution in [0.25, 0.3) is 16.0 Å². The first-order valence-electron chi connectivity index (χ1n) is 26.7. The van der Waals surface area contributed by atoms with Crippen molar-refractivity contribution in [3.8, 4) is 11.1 Å². The number of hydrogen-bond donors (Lipinski definition) is 6. The molecule has 0 radical (unpaired) electrons. The van der Waals surface area contributed by atoms with Gasteiger partial charge in [-0.15, -0.1) is 11.8 Å². The fraction of sp³-hybridized carbons (Fsp3) is 0.517. The third-order valence-electron chi connectivity index (χ3n) is 14.5. The van der Waals surface area contributed by atoms with Crippen molar-refractivity contribution in [2.24, 2.45) is 5.41 Å². The molecule has 2 aromatic heterocycles. The molecule has 2 fully saturated rings. The van der Waals surface area contributed by atoms with Gasteiger partial charge in [0.1, 0.15) is 18.7 Å². The van der Waals surface area contributed by atoms with E-state index in [2.05, 4.69) is 51.1 Å². The molecule has 3 aliphatic heterocycles. The predicted molar refractivity (Wildman–Crippen MR) is 298 cm³/mol. The topological polar surface area (TPSA) is 217 Å². The summed E-state index contributed by atoms with van der Waals surface area (Å²) >= 11 is 1.75. The number of nitrogens with zero attached hydrogens (tertiary/aromatic N) is 3. The molecular weight excluding hydrogens is 985 g/mol. The zero-order valence-electron chi connectivity index (χ0n) is 45.7. The summed E-state index contributed by atoms with van der Waals surface area (Å²) in [5, 5.41) is 22.9. The molecule has 76 heavy (non-hydrogen) atoms. The largest absolute Gasteiger partial charge is 0.391 e. The monoisotopic (exact) mass is 1060 g/mol. The van der Waals surface area contributed by atoms with Gasteiger partial charge in [-0.05, 0) is 125 Å². The molecule has 18 heteroatoms. The number of carbonyl (C=O) groups excluding carboxylic acids is 4. The van der Waals surface area contributed by atoms with Crippen LogP contribution in [0.1, 0.15) is 123 Å². The summed E-state index contributed by atoms with van der Waals surface area (Å²) < 4.78 is 17.2. The molecule has 17 nitrogen and oxygen atoms in total. The van der Waals surface area contributed by atoms with E-state index < -0.39 is 35.4 Å². The summed E-state index contributed by atoms with van der Waals surface area (Å²) in [7, 11) is 0. The summed E-state index contributed by atoms with van der Waals surface area (Å²) in [6.45, 7) is 20.1. The van der Waals surface area contributed by atoms with Crippen LogP contribution < -0.4 is 31.7 Å². The maximum atomic E-state index is 14.1. The minimum atomic E-state index is -0.978. The van der Waals surface area contributed by atoms with Crippen LogP contribution in [0.2, 0.25) is 0 Å². The Labute approximate surface area is 451 Å². The smallest absolute Gasteiger partial charge is 0.253 e. The number of allylic oxidation sites excluding steroid dienone is 1. The summed E-state index contributed by atoms with van der Waals surface area (Å²) in [5.41, 5.74) is 9.38. The molecule has 2 aromatic carbocycles. The van der Waals surface area contributed by atoms with Crippen LogP contribution in [0, 0.1) is 26.2 Å². The van der Waals surface area contributed by atoms with Crippen molar-refractivity contribution in [1.82, 2.24) is 36.1 Å². The van der Waals surface area contributed by atoms with Crippen LogP contribution in [0.4, 0.5) is 5.69 Å². The molecule has 4 aromatic rings. The van der Waals surface area contributed by atoms with Gasteiger partial charge >= 0.3 is 0 Å². The lowest BCUT2D eigenvalue weighted by Crippen LogP contribution is -2.58. The highest BCUT2D eigenvalue weighted by molar-refractivity contribution is 8.08. The van der Waals surface area contributed by atoms with Crippen LogP contribution in [-0.2, 0) is 41.6 Å². The van der Waals surface area contributed by atoms with Crippen LogP contribution in [0.15, 0.2) is 71.3 Å². The van der Waals surface area contributed by atoms with Crippen molar-refractivity contribution < 1.29 is 38.5 Å². The Kier molecular flexibility index (Phi) is 20.0. The number of rotatable bonds is 22. The zero-order chi connectivity index (χ0) is 54.7. The maximum Gasteiger partial charge on any atom is 0.253 e. The van der Waals surface area contributed by atoms with Crippen molar-refractivity contribution in [1.29, 1.82) is 0 Å². The van der Waals surface area contributed by atoms with E-state index in [1.807, 2.05) is 103 Å². The van der Waals surface area contributed by atoms with Gasteiger partial charge in [0, 0.05) is 102 Å². The number of pyridine rings is 2. The molecule has 0 saturated carbocycles. The highest BCUT2D eigenvalue weighted by atomic mass is 32.2. The van der Waals surface area contributed by atoms with Gasteiger partial charge in [0.2, 0.25) is 17.7 Å². The molecule has 4 atom stereocenters. The van der Waals surface area contributed by atoms with Gasteiger partial charge in [0.15, 0.2) is 0 Å². The molecule has 2 saturated heterocycles. The van der Waals surface area contributed by atoms with Crippen molar-refractivity contribution in [2.45, 2.75) is 131 Å². The van der Waals surface area contributed by atoms with E-state index in [1.165, 1.54) is 9.81 Å². The van der Waals surface area contributed by atoms with Gasteiger partial charge in [-0.1, -0.05) is 51.1 Å². The van der Waals surface area contributed by atoms with E-state index in [1.54, 1.807) is 11.8 Å². The molecule has 3 aliphatic rings. The van der Waals surface area contributed by atoms with Gasteiger partial charge in [-0.2, -0.15) is 0 Å². The van der Waals surface area contributed by atoms with Crippen molar-refractivity contribution in [2.75, 3.05) is 63.5 Å². The number of aryl methyl sites for hydroxylation is 3. The van der Waals surface area contributed by atoms with E-state index in [0.717, 1.165) is 81.4 Å². The molecule has 6 N–H and O–H groups in total. The number of carbonyl (C=O) groups is 4. The fourth-order valence-electron chi connectivity index (χ4n) is 10.2. The maximum absolute atomic E-state index is 14.1. The third kappa shape index (κ3) is 14.7. The Morgan fingerprint density at radius 1 is 0.947 bits per heavy atom. The number of ether oxygens (including phenoxy) is 3. The number of thioether (sulfide) groups is 1. The first-order valence-corrected chi connectivity index (χ1v) is 27.6. The summed E-state index contributed by atoms with van der Waals surface area (Å²) in [6.07, 6.45) is 4.20. The summed E-state index contributed by atoms with van der Waals surface area (Å²) in [6, 6.07) is 16.1. The number of aromatic amines is 1. The first kappa shape index (κ1) is 57.7. The molecular formula is C58H78N8O9S. The molecule has 0 bridgehead atoms. The van der Waals surface area contributed by atoms with Crippen molar-refractivity contribution in [3.63, 3.8) is 0 Å². The Hall–Kier alpha value is -6.05. The minimum Gasteiger partial charge on any atom is -0.391 e. The lowest BCUT2D eigenvalue weighted by Gasteiger charge is -2.37. The molecule has 0 unspecified atom stereocenters. The van der Waals surface area contributed by atoms with E-state index in [4.69, 9.17) is 19.2 Å². The highest BCUT2D eigenvalue weighted by Crippen LogP contribution is 2.36. The normalized spacial score (nSPS) is 17.8. The second-order valence-electron chi connectivity index (χ2n) is 21.3. The number of aliphatic hydroxyl groups is 1. The quantitative estimate of drug-likeness (QED) is 0.0458. The molecule has 7 rings (SSSR count). The van der Waals surface area contributed by atoms with Crippen molar-refractivity contribution in [3.05, 3.63) is 122 Å². The van der Waals surface area contributed by atoms with E-state index in [-0.39, 0.29) is 68.8 Å². The number of nitrogens with one attached hydrogen (secondary N) is 5. The molecule has 0 spiro atoms. The number of anilines is 1. The number of aliphatic hydroxyl groups excluding tert-OH is 1. The second-order valence-corrected chi connectivity index (χ2v) is 22.2. The predicted octanol–water partition coefficient (Wildman–Crippen LogP) is 6.62. The number of hydrogen-bond acceptors (Lipinski definition) is 13. The highest BCUT2D eigenvalue weighted by Gasteiger charge is 2.45. The lowest BCUT2D eigenvalue weighted by molar-refractivity contribution is -0.144. The number of likely N-dealkylation sites (tertiary alicyclic amines) is 1. The van der Waals surface area contributed by atoms with Crippen molar-refractivity contribution >= 4 is 46.0 Å². The lowest BCUT2D eigenvalue weighted by atomic mass is 9.85. The van der Waals surface area contributed by atoms with Crippen LogP contribution >= 0.6 is 11.8 Å². The molecule has 5 heterocycles. The fourth-order valence-corrected chi connectivity index (χ4v) is 11.2. The SMILES string of the molecule is CCN(c1cc(-c2ccc(CCCOCCOCC(=O)N[C@H](C(=O)N3C[C@H](O)C[C@H]3C(=O)N[C@@H](C)c3ccc(C4=C(C)NCS4)cc3)C(C)(C)C)nc2)cc(C(=O)NCc2c(C)cc(C)[nH]c2=O)c1C)C1CCOCC1. The molecule has 4 amide bonds. The van der Waals surface area contributed by atoms with Crippen LogP contribution in [0.3, 0.4) is 0 Å². The average Bonchev–Trinajstić information content (AvgIpc) is 4.02. The molecule has 0 aliphatic carbocycles. The van der Waals surface area contributed by atoms with Crippen LogP contribution in [-0.4, -0.2) is 126 Å².